The van der Waals surface area contributed by atoms with Crippen molar-refractivity contribution in [3.05, 3.63) is 53.6 Å². The highest BCUT2D eigenvalue weighted by Crippen LogP contribution is 2.31. The van der Waals surface area contributed by atoms with Crippen molar-refractivity contribution < 1.29 is 14.3 Å². The number of methoxy groups -OCH3 is 1. The third kappa shape index (κ3) is 5.84. The van der Waals surface area contributed by atoms with Crippen molar-refractivity contribution in [3.8, 4) is 5.75 Å². The largest absolute Gasteiger partial charge is 0.495 e. The average molecular weight is 382 g/mol. The number of carbonyl (C=O) groups is 2. The van der Waals surface area contributed by atoms with Gasteiger partial charge in [0, 0.05) is 17.8 Å². The molecule has 0 aliphatic carbocycles. The number of ether oxygens (including phenoxy) is 1. The maximum absolute atomic E-state index is 11.8. The van der Waals surface area contributed by atoms with Crippen LogP contribution in [0.25, 0.3) is 0 Å². The molecule has 0 saturated heterocycles. The number of unbranched alkanes of at least 4 members (excludes halogenated alkanes) is 1. The van der Waals surface area contributed by atoms with Gasteiger partial charge in [-0.15, -0.1) is 0 Å². The molecule has 0 spiro atoms. The molecule has 0 aromatic heterocycles. The third-order valence-electron chi connectivity index (χ3n) is 4.07. The summed E-state index contributed by atoms with van der Waals surface area (Å²) in [4.78, 5) is 23.5. The number of benzene rings is 2. The van der Waals surface area contributed by atoms with Gasteiger partial charge in [0.05, 0.1) is 19.0 Å². The Balaban J connectivity index is 2.13. The van der Waals surface area contributed by atoms with Crippen LogP contribution in [0.2, 0.25) is 0 Å². The molecule has 0 fully saturated rings. The van der Waals surface area contributed by atoms with E-state index in [4.69, 9.17) is 4.74 Å². The molecule has 3 N–H and O–H groups in total. The molecule has 2 aromatic carbocycles. The highest BCUT2D eigenvalue weighted by Gasteiger charge is 2.12. The summed E-state index contributed by atoms with van der Waals surface area (Å²) in [5, 5.41) is 9.80. The Morgan fingerprint density at radius 1 is 1.11 bits per heavy atom. The summed E-state index contributed by atoms with van der Waals surface area (Å²) in [7, 11) is 1.59. The number of anilines is 2. The van der Waals surface area contributed by atoms with Crippen LogP contribution in [0.3, 0.4) is 0 Å². The zero-order valence-corrected chi connectivity index (χ0v) is 16.4. The van der Waals surface area contributed by atoms with Crippen LogP contribution in [-0.2, 0) is 9.59 Å². The molecule has 0 aliphatic rings. The first-order valence-corrected chi connectivity index (χ1v) is 9.17. The van der Waals surface area contributed by atoms with E-state index in [0.29, 0.717) is 23.5 Å². The second-order valence-corrected chi connectivity index (χ2v) is 6.17. The predicted octanol–water partition coefficient (Wildman–Crippen LogP) is 3.11. The molecule has 0 saturated carbocycles. The zero-order valence-electron chi connectivity index (χ0n) is 16.4. The van der Waals surface area contributed by atoms with Crippen molar-refractivity contribution in [3.63, 3.8) is 0 Å². The fourth-order valence-electron chi connectivity index (χ4n) is 2.48. The minimum absolute atomic E-state index is 0.465. The Hall–Kier alpha value is -3.35. The van der Waals surface area contributed by atoms with Crippen molar-refractivity contribution >= 4 is 29.4 Å². The maximum Gasteiger partial charge on any atom is 0.329 e. The van der Waals surface area contributed by atoms with Gasteiger partial charge in [-0.2, -0.15) is 5.10 Å². The Morgan fingerprint density at radius 3 is 2.61 bits per heavy atom. The highest BCUT2D eigenvalue weighted by atomic mass is 16.5. The first kappa shape index (κ1) is 21.0. The minimum atomic E-state index is -0.802. The van der Waals surface area contributed by atoms with Crippen LogP contribution in [0.1, 0.15) is 30.9 Å². The molecule has 0 aliphatic heterocycles. The van der Waals surface area contributed by atoms with Gasteiger partial charge in [0.2, 0.25) is 0 Å². The first-order valence-electron chi connectivity index (χ1n) is 9.17. The number of hydrogen-bond donors (Lipinski definition) is 3. The van der Waals surface area contributed by atoms with Crippen LogP contribution in [0.4, 0.5) is 11.4 Å². The predicted molar refractivity (Wildman–Crippen MR) is 111 cm³/mol. The summed E-state index contributed by atoms with van der Waals surface area (Å²) in [5.41, 5.74) is 5.67. The first-order chi connectivity index (χ1) is 13.6. The highest BCUT2D eigenvalue weighted by molar-refractivity contribution is 6.35. The molecule has 0 atom stereocenters. The van der Waals surface area contributed by atoms with Crippen molar-refractivity contribution in [1.29, 1.82) is 0 Å². The van der Waals surface area contributed by atoms with Gasteiger partial charge in [-0.05, 0) is 31.0 Å². The van der Waals surface area contributed by atoms with E-state index in [-0.39, 0.29) is 0 Å². The number of hydrazone groups is 1. The van der Waals surface area contributed by atoms with E-state index < -0.39 is 11.8 Å². The summed E-state index contributed by atoms with van der Waals surface area (Å²) in [6.07, 6.45) is 3.23. The summed E-state index contributed by atoms with van der Waals surface area (Å²) in [6.45, 7) is 4.48. The summed E-state index contributed by atoms with van der Waals surface area (Å²) in [6, 6.07) is 13.4. The molecule has 7 heteroatoms. The molecule has 0 unspecified atom stereocenters. The lowest BCUT2D eigenvalue weighted by molar-refractivity contribution is -0.139. The van der Waals surface area contributed by atoms with Crippen molar-refractivity contribution in [2.75, 3.05) is 19.0 Å². The fraction of sp³-hybridized carbons (Fsp3) is 0.286. The van der Waals surface area contributed by atoms with Crippen LogP contribution < -0.4 is 20.8 Å². The van der Waals surface area contributed by atoms with Gasteiger partial charge in [-0.1, -0.05) is 43.7 Å². The summed E-state index contributed by atoms with van der Waals surface area (Å²) < 4.78 is 5.44. The topological polar surface area (TPSA) is 91.8 Å². The second kappa shape index (κ2) is 10.7. The van der Waals surface area contributed by atoms with Crippen molar-refractivity contribution in [2.45, 2.75) is 26.7 Å². The SMILES string of the molecule is CCCCNC(=O)C(=O)N/N=C\c1cccc(OC)c1Nc1ccccc1C. The van der Waals surface area contributed by atoms with Crippen LogP contribution in [0.15, 0.2) is 47.6 Å². The quantitative estimate of drug-likeness (QED) is 0.283. The minimum Gasteiger partial charge on any atom is -0.495 e. The van der Waals surface area contributed by atoms with Gasteiger partial charge >= 0.3 is 11.8 Å². The average Bonchev–Trinajstić information content (AvgIpc) is 2.70. The molecular formula is C21H26N4O3. The Bertz CT molecular complexity index is 849. The number of nitrogens with zero attached hydrogens (tertiary/aromatic N) is 1. The number of para-hydroxylation sites is 2. The van der Waals surface area contributed by atoms with Gasteiger partial charge in [0.1, 0.15) is 5.75 Å². The van der Waals surface area contributed by atoms with E-state index in [9.17, 15) is 9.59 Å². The standard InChI is InChI=1S/C21H26N4O3/c1-4-5-13-22-20(26)21(27)25-23-14-16-10-8-12-18(28-3)19(16)24-17-11-7-6-9-15(17)2/h6-12,14,24H,4-5,13H2,1-3H3,(H,22,26)(H,25,27)/b23-14-. The molecule has 28 heavy (non-hydrogen) atoms. The lowest BCUT2D eigenvalue weighted by atomic mass is 10.1. The van der Waals surface area contributed by atoms with Crippen LogP contribution in [0, 0.1) is 6.92 Å². The molecule has 0 radical (unpaired) electrons. The van der Waals surface area contributed by atoms with Crippen LogP contribution in [-0.4, -0.2) is 31.7 Å². The Labute approximate surface area is 165 Å². The van der Waals surface area contributed by atoms with E-state index in [2.05, 4.69) is 21.2 Å². The zero-order chi connectivity index (χ0) is 20.4. The fourth-order valence-corrected chi connectivity index (χ4v) is 2.48. The second-order valence-electron chi connectivity index (χ2n) is 6.17. The van der Waals surface area contributed by atoms with E-state index >= 15 is 0 Å². The molecule has 0 bridgehead atoms. The number of rotatable bonds is 8. The molecule has 2 aromatic rings. The monoisotopic (exact) mass is 382 g/mol. The Kier molecular flexibility index (Phi) is 8.02. The van der Waals surface area contributed by atoms with Gasteiger partial charge in [0.25, 0.3) is 0 Å². The maximum atomic E-state index is 11.8. The van der Waals surface area contributed by atoms with Crippen molar-refractivity contribution in [2.24, 2.45) is 5.10 Å². The van der Waals surface area contributed by atoms with E-state index in [1.54, 1.807) is 7.11 Å². The van der Waals surface area contributed by atoms with E-state index in [0.717, 1.165) is 24.1 Å². The third-order valence-corrected chi connectivity index (χ3v) is 4.07. The smallest absolute Gasteiger partial charge is 0.329 e. The van der Waals surface area contributed by atoms with Gasteiger partial charge in [-0.25, -0.2) is 5.43 Å². The van der Waals surface area contributed by atoms with Crippen LogP contribution >= 0.6 is 0 Å². The molecule has 7 nitrogen and oxygen atoms in total. The number of aryl methyl sites for hydroxylation is 1. The normalized spacial score (nSPS) is 10.5. The Morgan fingerprint density at radius 2 is 1.89 bits per heavy atom. The van der Waals surface area contributed by atoms with E-state index in [1.807, 2.05) is 56.3 Å². The molecule has 148 valence electrons. The van der Waals surface area contributed by atoms with Crippen LogP contribution in [0.5, 0.6) is 5.75 Å². The lowest BCUT2D eigenvalue weighted by Gasteiger charge is -2.15. The number of amides is 2. The number of hydrogen-bond acceptors (Lipinski definition) is 5. The molecular weight excluding hydrogens is 356 g/mol. The summed E-state index contributed by atoms with van der Waals surface area (Å²) >= 11 is 0. The lowest BCUT2D eigenvalue weighted by Crippen LogP contribution is -2.38. The van der Waals surface area contributed by atoms with E-state index in [1.165, 1.54) is 6.21 Å². The van der Waals surface area contributed by atoms with Gasteiger partial charge < -0.3 is 15.4 Å². The van der Waals surface area contributed by atoms with Gasteiger partial charge in [0.15, 0.2) is 0 Å². The summed E-state index contributed by atoms with van der Waals surface area (Å²) in [5.74, 6) is -0.867. The molecule has 2 amide bonds. The van der Waals surface area contributed by atoms with Crippen molar-refractivity contribution in [1.82, 2.24) is 10.7 Å². The molecule has 2 rings (SSSR count). The number of nitrogens with one attached hydrogen (secondary N) is 3. The molecule has 0 heterocycles. The van der Waals surface area contributed by atoms with Gasteiger partial charge in [-0.3, -0.25) is 9.59 Å². The number of carbonyl (C=O) groups excluding carboxylic acids is 2.